The molecule has 18 aromatic rings. The number of nitrogens with zero attached hydrogens (tertiary/aromatic N) is 24. The van der Waals surface area contributed by atoms with Crippen molar-refractivity contribution in [1.82, 2.24) is 15.3 Å². The van der Waals surface area contributed by atoms with E-state index < -0.39 is 337 Å². The van der Waals surface area contributed by atoms with Gasteiger partial charge in [-0.2, -0.15) is 0 Å². The second kappa shape index (κ2) is 32.3. The SMILES string of the molecule is Fc1cc2c(cc1F)C1=Nc3c4cc(F)c(F)cc4c4[n]3[In]([Cl])[n]3c(c5cc(F)c(F)cc5c3=NC3=NC(=N4)c4cc(F)c(F)cc43)=NC2=N1.Fc1cc2c3[n]4c(c2cc1F)N=C1N=C(N=c2c5cc(F)c(F)cc5c([n]2[In]4[Cl])=NC2=NC(=N3)c3c(F)ccc(F)c32)c2c(F)ccc(F)c21.Fc1ccc(F)c2c1C1=NC2=Nc2c3c(F)ccc(F)c3c3[n]2[In]([Cl])[n]2c(c4c(F)ccc(F)c4c2=NC2=NC(=N3)c3c(F)ccc(F)c32)=N1. The van der Waals surface area contributed by atoms with Crippen LogP contribution < -0.4 is 32.9 Å². The van der Waals surface area contributed by atoms with Gasteiger partial charge >= 0.3 is 853 Å². The number of fused-ring (bicyclic) bond motifs is 42. The van der Waals surface area contributed by atoms with E-state index in [-0.39, 0.29) is 134 Å². The Morgan fingerprint density at radius 3 is 0.553 bits per heavy atom. The molecule has 0 saturated heterocycles. The second-order valence-corrected chi connectivity index (χ2v) is 56.5. The van der Waals surface area contributed by atoms with Gasteiger partial charge in [-0.05, 0) is 0 Å². The minimum absolute atomic E-state index is 0.0212. The van der Waals surface area contributed by atoms with Gasteiger partial charge in [0.1, 0.15) is 0 Å². The molecule has 18 heterocycles. The molecule has 0 aliphatic carbocycles. The summed E-state index contributed by atoms with van der Waals surface area (Å²) in [5.41, 5.74) is -5.47. The van der Waals surface area contributed by atoms with Crippen LogP contribution in [0.15, 0.2) is 235 Å². The molecule has 0 spiro atoms. The molecule has 726 valence electrons. The van der Waals surface area contributed by atoms with E-state index in [1.807, 2.05) is 0 Å². The van der Waals surface area contributed by atoms with Crippen LogP contribution in [0.2, 0.25) is 0 Å². The maximum absolute atomic E-state index is 16.0. The van der Waals surface area contributed by atoms with Gasteiger partial charge in [0, 0.05) is 0 Å². The van der Waals surface area contributed by atoms with E-state index in [0.717, 1.165) is 151 Å². The van der Waals surface area contributed by atoms with Crippen molar-refractivity contribution in [2.24, 2.45) is 89.9 Å². The molecule has 0 fully saturated rings. The average molecular weight is 2420 g/mol. The van der Waals surface area contributed by atoms with Crippen molar-refractivity contribution in [3.05, 3.63) is 385 Å². The molecule has 12 aromatic carbocycles. The van der Waals surface area contributed by atoms with Crippen LogP contribution in [-0.2, 0) is 0 Å². The topological polar surface area (TPSA) is 252 Å². The quantitative estimate of drug-likeness (QED) is 0.128. The first-order valence-corrected chi connectivity index (χ1v) is 64.7. The summed E-state index contributed by atoms with van der Waals surface area (Å²) in [6, 6.07) is 19.6. The van der Waals surface area contributed by atoms with E-state index in [1.165, 1.54) is 10.2 Å². The molecule has 6 aromatic heterocycles. The number of hydrogen-bond acceptors (Lipinski definition) is 18. The summed E-state index contributed by atoms with van der Waals surface area (Å²) in [6.07, 6.45) is 0. The van der Waals surface area contributed by atoms with E-state index in [9.17, 15) is 52.7 Å². The monoisotopic (exact) mass is 2420 g/mol. The molecule has 12 aliphatic heterocycles. The summed E-state index contributed by atoms with van der Waals surface area (Å²) in [6.45, 7) is 0. The molecular weight excluding hydrogens is 2400 g/mol. The number of aromatic nitrogens is 6. The van der Waals surface area contributed by atoms with Gasteiger partial charge in [-0.15, -0.1) is 0 Å². The third-order valence-electron chi connectivity index (χ3n) is 26.4. The Hall–Kier alpha value is -15.5. The molecule has 54 heteroatoms. The Labute approximate surface area is 846 Å². The predicted molar refractivity (Wildman–Crippen MR) is 500 cm³/mol. The van der Waals surface area contributed by atoms with Crippen molar-refractivity contribution in [1.29, 1.82) is 0 Å². The van der Waals surface area contributed by atoms with Crippen molar-refractivity contribution < 1.29 is 105 Å². The molecule has 12 aliphatic rings. The summed E-state index contributed by atoms with van der Waals surface area (Å²) in [5, 5.41) is -2.75. The van der Waals surface area contributed by atoms with Crippen molar-refractivity contribution in [3.63, 3.8) is 0 Å². The van der Waals surface area contributed by atoms with Gasteiger partial charge in [0.05, 0.1) is 0 Å². The molecule has 0 unspecified atom stereocenters. The van der Waals surface area contributed by atoms with E-state index in [1.54, 1.807) is 0 Å². The fourth-order valence-electron chi connectivity index (χ4n) is 19.9. The number of benzene rings is 12. The van der Waals surface area contributed by atoms with Crippen molar-refractivity contribution in [2.45, 2.75) is 0 Å². The van der Waals surface area contributed by atoms with Crippen LogP contribution in [0.4, 0.5) is 140 Å². The van der Waals surface area contributed by atoms with Gasteiger partial charge in [-0.3, -0.25) is 0 Å². The fourth-order valence-corrected chi connectivity index (χ4v) is 42.9. The molecule has 24 nitrogen and oxygen atoms in total. The van der Waals surface area contributed by atoms with E-state index in [4.69, 9.17) is 25.7 Å². The van der Waals surface area contributed by atoms with Gasteiger partial charge in [0.15, 0.2) is 0 Å². The van der Waals surface area contributed by atoms with Crippen molar-refractivity contribution >= 4 is 258 Å². The van der Waals surface area contributed by atoms with Gasteiger partial charge in [0.25, 0.3) is 0 Å². The summed E-state index contributed by atoms with van der Waals surface area (Å²) < 4.78 is 374. The number of hydrogen-bond donors (Lipinski definition) is 0. The zero-order valence-corrected chi connectivity index (χ0v) is 84.7. The maximum atomic E-state index is 16.0. The minimum atomic E-state index is -4.91. The first-order chi connectivity index (χ1) is 72.0. The second-order valence-electron chi connectivity index (χ2n) is 34.5. The first kappa shape index (κ1) is 91.9. The Balaban J connectivity index is 0.000000108. The Kier molecular flexibility index (Phi) is 19.8. The van der Waals surface area contributed by atoms with Crippen LogP contribution >= 0.6 is 25.7 Å². The number of amidine groups is 12. The van der Waals surface area contributed by atoms with E-state index >= 15 is 52.7 Å². The molecule has 0 saturated carbocycles. The van der Waals surface area contributed by atoms with Crippen LogP contribution in [-0.4, -0.2) is 148 Å². The molecular formula is C96H24Cl3F24In3N24. The first-order valence-electron chi connectivity index (χ1n) is 43.4. The van der Waals surface area contributed by atoms with Crippen molar-refractivity contribution in [2.75, 3.05) is 0 Å². The van der Waals surface area contributed by atoms with Crippen LogP contribution in [0.5, 0.6) is 0 Å². The predicted octanol–water partition coefficient (Wildman–Crippen LogP) is 18.8. The third-order valence-corrected chi connectivity index (χ3v) is 49.9. The van der Waals surface area contributed by atoms with E-state index in [0.29, 0.717) is 0 Å². The zero-order valence-electron chi connectivity index (χ0n) is 72.5. The molecule has 18 bridgehead atoms. The van der Waals surface area contributed by atoms with Crippen LogP contribution in [0, 0.1) is 140 Å². The Bertz CT molecular complexity index is 10200. The molecule has 150 heavy (non-hydrogen) atoms. The molecule has 30 rings (SSSR count). The summed E-state index contributed by atoms with van der Waals surface area (Å²) in [4.78, 5) is 80.2. The standard InChI is InChI=1S/3C32H8F8N8.3ClH.3In/c33-17-1-9-10(2-18(17)34)26-41-25(9)45-27-11-3-19(35)20(36)4-12(11)29(42-27)47-31-15-7-23(39)24(40)8-16(15)32(44-31)48-30-14-6-22(38)21(37)5-13(14)28(43-30)46-26;33-13-1-2-14(34)22-21(13)29-43-25-9-5-17(37)18(38)6-10(9)27(41-25)45-31-23-15(35)3-4-16(36)24(23)32(48-31)46-28-12-8-20(40)19(39)7-11(12)26(42-28)44-30(22)47-29;33-9-1-2-10(34)18-17(9)25-41-26(18)46-28-21-13(37)5-6-14(38)22(21)30(43-28)48-32-24-16(40)8-7-15(39)23(24)31(44-32)47-29-20-12(36)4-3-11(35)19(20)27(42-29)45-25;;;;;;/h3*1-8H;3*1H;;;/q3*-2;;;;3*+3/p-3. The molecule has 0 amide bonds. The normalized spacial score (nSPS) is 15.3. The average Bonchev–Trinajstić information content (AvgIpc) is 1.54. The van der Waals surface area contributed by atoms with Gasteiger partial charge in [-0.1, -0.05) is 0 Å². The molecule has 0 radical (unpaired) electrons. The Morgan fingerprint density at radius 1 is 0.147 bits per heavy atom. The van der Waals surface area contributed by atoms with Gasteiger partial charge in [-0.25, -0.2) is 0 Å². The van der Waals surface area contributed by atoms with Crippen LogP contribution in [0.3, 0.4) is 0 Å². The van der Waals surface area contributed by atoms with Crippen molar-refractivity contribution in [3.8, 4) is 0 Å². The third kappa shape index (κ3) is 12.8. The van der Waals surface area contributed by atoms with Gasteiger partial charge in [0.2, 0.25) is 0 Å². The summed E-state index contributed by atoms with van der Waals surface area (Å²) in [7, 11) is 22.3. The number of rotatable bonds is 0. The van der Waals surface area contributed by atoms with Crippen LogP contribution in [0.1, 0.15) is 66.8 Å². The van der Waals surface area contributed by atoms with Gasteiger partial charge < -0.3 is 0 Å². The Morgan fingerprint density at radius 2 is 0.307 bits per heavy atom. The number of aliphatic imine (C=N–C) groups is 12. The summed E-state index contributed by atoms with van der Waals surface area (Å²) >= 11 is -14.2. The number of halogens is 27. The fraction of sp³-hybridized carbons (Fsp3) is 0. The zero-order chi connectivity index (χ0) is 103. The van der Waals surface area contributed by atoms with Crippen LogP contribution in [0.25, 0.3) is 64.6 Å². The summed E-state index contributed by atoms with van der Waals surface area (Å²) in [5.74, 6) is -33.7. The van der Waals surface area contributed by atoms with E-state index in [2.05, 4.69) is 89.9 Å². The molecule has 0 atom stereocenters. The molecule has 0 N–H and O–H groups in total.